The maximum absolute atomic E-state index is 12.9. The first kappa shape index (κ1) is 23.2. The number of benzene rings is 3. The molecule has 1 saturated heterocycles. The van der Waals surface area contributed by atoms with Crippen LogP contribution in [0.4, 0.5) is 5.69 Å². The molecule has 0 saturated carbocycles. The van der Waals surface area contributed by atoms with Gasteiger partial charge in [-0.3, -0.25) is 9.69 Å². The highest BCUT2D eigenvalue weighted by Crippen LogP contribution is 2.24. The summed E-state index contributed by atoms with van der Waals surface area (Å²) in [6.07, 6.45) is 0.388. The zero-order valence-electron chi connectivity index (χ0n) is 20.7. The smallest absolute Gasteiger partial charge is 0.224 e. The van der Waals surface area contributed by atoms with Crippen LogP contribution >= 0.6 is 0 Å². The number of carbonyl (C=O) groups excluding carboxylic acids is 1. The summed E-state index contributed by atoms with van der Waals surface area (Å²) in [7, 11) is 0. The zero-order chi connectivity index (χ0) is 24.2. The number of para-hydroxylation sites is 1. The number of anilines is 1. The highest BCUT2D eigenvalue weighted by atomic mass is 16.1. The molecular formula is C30H34N4O. The summed E-state index contributed by atoms with van der Waals surface area (Å²) in [5.41, 5.74) is 8.24. The van der Waals surface area contributed by atoms with Crippen molar-refractivity contribution in [2.45, 2.75) is 33.4 Å². The molecule has 2 heterocycles. The fourth-order valence-electron chi connectivity index (χ4n) is 5.07. The van der Waals surface area contributed by atoms with Crippen LogP contribution in [-0.2, 0) is 24.3 Å². The Balaban J connectivity index is 1.18. The molecule has 0 unspecified atom stereocenters. The van der Waals surface area contributed by atoms with Crippen LogP contribution in [0.1, 0.15) is 27.9 Å². The van der Waals surface area contributed by atoms with Crippen LogP contribution in [0.5, 0.6) is 0 Å². The minimum Gasteiger partial charge on any atom is -0.369 e. The van der Waals surface area contributed by atoms with Crippen molar-refractivity contribution in [1.29, 1.82) is 0 Å². The molecule has 180 valence electrons. The van der Waals surface area contributed by atoms with Gasteiger partial charge in [-0.25, -0.2) is 0 Å². The summed E-state index contributed by atoms with van der Waals surface area (Å²) < 4.78 is 0. The number of nitrogens with one attached hydrogen (secondary N) is 2. The lowest BCUT2D eigenvalue weighted by Gasteiger charge is -2.36. The number of aromatic amines is 1. The first-order valence-electron chi connectivity index (χ1n) is 12.5. The molecule has 0 aliphatic carbocycles. The maximum atomic E-state index is 12.9. The Morgan fingerprint density at radius 1 is 0.886 bits per heavy atom. The average molecular weight is 467 g/mol. The Hall–Kier alpha value is -3.57. The normalized spacial score (nSPS) is 14.4. The van der Waals surface area contributed by atoms with Gasteiger partial charge in [0.2, 0.25) is 5.91 Å². The molecule has 1 aliphatic rings. The second-order valence-electron chi connectivity index (χ2n) is 9.60. The Morgan fingerprint density at radius 3 is 2.37 bits per heavy atom. The molecule has 5 nitrogen and oxygen atoms in total. The highest BCUT2D eigenvalue weighted by Gasteiger charge is 2.18. The number of rotatable bonds is 7. The van der Waals surface area contributed by atoms with Crippen molar-refractivity contribution < 1.29 is 4.79 Å². The van der Waals surface area contributed by atoms with E-state index in [9.17, 15) is 4.79 Å². The molecular weight excluding hydrogens is 432 g/mol. The number of hydrogen-bond donors (Lipinski definition) is 2. The number of hydrogen-bond acceptors (Lipinski definition) is 3. The van der Waals surface area contributed by atoms with Gasteiger partial charge in [0.1, 0.15) is 0 Å². The molecule has 1 aliphatic heterocycles. The third kappa shape index (κ3) is 5.41. The quantitative estimate of drug-likeness (QED) is 0.405. The van der Waals surface area contributed by atoms with E-state index in [-0.39, 0.29) is 5.91 Å². The maximum Gasteiger partial charge on any atom is 0.224 e. The third-order valence-electron chi connectivity index (χ3n) is 7.09. The molecule has 0 spiro atoms. The first-order valence-corrected chi connectivity index (χ1v) is 12.5. The van der Waals surface area contributed by atoms with E-state index in [2.05, 4.69) is 99.8 Å². The molecule has 1 aromatic heterocycles. The summed E-state index contributed by atoms with van der Waals surface area (Å²) in [5, 5.41) is 4.32. The SMILES string of the molecule is Cc1ccc2[nH]c(C)c(CC(=O)NCc3ccccc3CN3CCN(c4ccccc4)CC3)c2c1. The highest BCUT2D eigenvalue weighted by molar-refractivity contribution is 5.90. The monoisotopic (exact) mass is 466 g/mol. The van der Waals surface area contributed by atoms with Gasteiger partial charge in [0, 0.05) is 61.6 Å². The van der Waals surface area contributed by atoms with Crippen LogP contribution in [0.3, 0.4) is 0 Å². The fourth-order valence-corrected chi connectivity index (χ4v) is 5.07. The van der Waals surface area contributed by atoms with E-state index in [0.29, 0.717) is 13.0 Å². The van der Waals surface area contributed by atoms with Crippen LogP contribution in [-0.4, -0.2) is 42.0 Å². The molecule has 35 heavy (non-hydrogen) atoms. The van der Waals surface area contributed by atoms with Crippen molar-refractivity contribution in [3.63, 3.8) is 0 Å². The van der Waals surface area contributed by atoms with Gasteiger partial charge in [0.25, 0.3) is 0 Å². The summed E-state index contributed by atoms with van der Waals surface area (Å²) in [5.74, 6) is 0.0572. The average Bonchev–Trinajstić information content (AvgIpc) is 3.18. The lowest BCUT2D eigenvalue weighted by atomic mass is 10.0. The number of carbonyl (C=O) groups is 1. The Bertz CT molecular complexity index is 1300. The molecule has 4 aromatic rings. The zero-order valence-corrected chi connectivity index (χ0v) is 20.7. The van der Waals surface area contributed by atoms with Gasteiger partial charge < -0.3 is 15.2 Å². The van der Waals surface area contributed by atoms with Crippen LogP contribution in [0.25, 0.3) is 10.9 Å². The van der Waals surface area contributed by atoms with Crippen LogP contribution in [0, 0.1) is 13.8 Å². The minimum atomic E-state index is 0.0572. The molecule has 3 aromatic carbocycles. The van der Waals surface area contributed by atoms with Gasteiger partial charge >= 0.3 is 0 Å². The molecule has 0 bridgehead atoms. The third-order valence-corrected chi connectivity index (χ3v) is 7.09. The summed E-state index contributed by atoms with van der Waals surface area (Å²) in [6.45, 7) is 9.74. The Morgan fingerprint density at radius 2 is 1.60 bits per heavy atom. The lowest BCUT2D eigenvalue weighted by molar-refractivity contribution is -0.120. The van der Waals surface area contributed by atoms with Crippen molar-refractivity contribution in [1.82, 2.24) is 15.2 Å². The van der Waals surface area contributed by atoms with Crippen LogP contribution in [0.2, 0.25) is 0 Å². The van der Waals surface area contributed by atoms with Gasteiger partial charge in [-0.15, -0.1) is 0 Å². The van der Waals surface area contributed by atoms with Gasteiger partial charge in [-0.2, -0.15) is 0 Å². The van der Waals surface area contributed by atoms with Gasteiger partial charge in [0.15, 0.2) is 0 Å². The van der Waals surface area contributed by atoms with E-state index in [0.717, 1.165) is 54.9 Å². The molecule has 1 fully saturated rings. The number of fused-ring (bicyclic) bond motifs is 1. The second-order valence-corrected chi connectivity index (χ2v) is 9.60. The van der Waals surface area contributed by atoms with Gasteiger partial charge in [0.05, 0.1) is 6.42 Å². The van der Waals surface area contributed by atoms with Crippen molar-refractivity contribution in [2.75, 3.05) is 31.1 Å². The van der Waals surface area contributed by atoms with E-state index in [4.69, 9.17) is 0 Å². The van der Waals surface area contributed by atoms with Crippen molar-refractivity contribution in [2.24, 2.45) is 0 Å². The van der Waals surface area contributed by atoms with E-state index >= 15 is 0 Å². The summed E-state index contributed by atoms with van der Waals surface area (Å²) >= 11 is 0. The number of amides is 1. The van der Waals surface area contributed by atoms with E-state index < -0.39 is 0 Å². The molecule has 5 heteroatoms. The number of piperazine rings is 1. The second kappa shape index (κ2) is 10.4. The number of H-pyrrole nitrogens is 1. The van der Waals surface area contributed by atoms with E-state index in [1.165, 1.54) is 22.4 Å². The van der Waals surface area contributed by atoms with Crippen LogP contribution < -0.4 is 10.2 Å². The number of aromatic nitrogens is 1. The van der Waals surface area contributed by atoms with Gasteiger partial charge in [-0.05, 0) is 54.8 Å². The topological polar surface area (TPSA) is 51.4 Å². The van der Waals surface area contributed by atoms with E-state index in [1.807, 2.05) is 6.92 Å². The summed E-state index contributed by atoms with van der Waals surface area (Å²) in [6, 6.07) is 25.5. The molecule has 2 N–H and O–H groups in total. The minimum absolute atomic E-state index is 0.0572. The fraction of sp³-hybridized carbons (Fsp3) is 0.300. The molecule has 1 amide bonds. The van der Waals surface area contributed by atoms with Gasteiger partial charge in [-0.1, -0.05) is 54.1 Å². The van der Waals surface area contributed by atoms with Crippen molar-refractivity contribution >= 4 is 22.5 Å². The Labute approximate surface area is 207 Å². The number of aryl methyl sites for hydroxylation is 2. The molecule has 0 atom stereocenters. The largest absolute Gasteiger partial charge is 0.369 e. The summed E-state index contributed by atoms with van der Waals surface area (Å²) in [4.78, 5) is 21.3. The Kier molecular flexibility index (Phi) is 6.87. The standard InChI is InChI=1S/C30H34N4O/c1-22-12-13-29-28(18-22)27(23(2)32-29)19-30(35)31-20-24-8-6-7-9-25(24)21-33-14-16-34(17-15-33)26-10-4-3-5-11-26/h3-13,18,32H,14-17,19-21H2,1-2H3,(H,31,35). The van der Waals surface area contributed by atoms with Crippen molar-refractivity contribution in [3.05, 3.63) is 101 Å². The van der Waals surface area contributed by atoms with E-state index in [1.54, 1.807) is 0 Å². The van der Waals surface area contributed by atoms with Crippen molar-refractivity contribution in [3.8, 4) is 0 Å². The lowest BCUT2D eigenvalue weighted by Crippen LogP contribution is -2.46. The molecule has 0 radical (unpaired) electrons. The predicted octanol–water partition coefficient (Wildman–Crippen LogP) is 4.97. The molecule has 5 rings (SSSR count). The first-order chi connectivity index (χ1) is 17.1. The predicted molar refractivity (Wildman–Crippen MR) is 144 cm³/mol. The van der Waals surface area contributed by atoms with Crippen LogP contribution in [0.15, 0.2) is 72.8 Å². The number of nitrogens with zero attached hydrogens (tertiary/aromatic N) is 2.